The summed E-state index contributed by atoms with van der Waals surface area (Å²) in [6.45, 7) is 2.65. The maximum absolute atomic E-state index is 11.9. The van der Waals surface area contributed by atoms with Crippen LogP contribution in [0, 0.1) is 0 Å². The van der Waals surface area contributed by atoms with Crippen LogP contribution in [0.2, 0.25) is 0 Å². The van der Waals surface area contributed by atoms with Crippen LogP contribution in [0.5, 0.6) is 0 Å². The first-order valence-corrected chi connectivity index (χ1v) is 10.1. The van der Waals surface area contributed by atoms with Gasteiger partial charge in [-0.15, -0.1) is 0 Å². The number of carbonyl (C=O) groups excluding carboxylic acids is 2. The van der Waals surface area contributed by atoms with E-state index in [1.807, 2.05) is 0 Å². The summed E-state index contributed by atoms with van der Waals surface area (Å²) in [5.41, 5.74) is 0. The number of unbranched alkanes of at least 4 members (excludes halogenated alkanes) is 6. The van der Waals surface area contributed by atoms with Crippen LogP contribution in [0.15, 0.2) is 0 Å². The van der Waals surface area contributed by atoms with Crippen molar-refractivity contribution < 1.29 is 38.0 Å². The number of amides is 1. The molecule has 0 aromatic heterocycles. The van der Waals surface area contributed by atoms with E-state index in [4.69, 9.17) is 28.4 Å². The molecule has 9 heteroatoms. The highest BCUT2D eigenvalue weighted by Crippen LogP contribution is 2.26. The topological polar surface area (TPSA) is 102 Å². The number of carbonyl (C=O) groups is 2. The fraction of sp³-hybridized carbons (Fsp3) is 0.895. The van der Waals surface area contributed by atoms with Crippen LogP contribution < -0.4 is 5.32 Å². The lowest BCUT2D eigenvalue weighted by molar-refractivity contribution is -0.322. The molecule has 0 radical (unpaired) electrons. The van der Waals surface area contributed by atoms with Crippen LogP contribution in [-0.2, 0) is 33.2 Å². The normalized spacial score (nSPS) is 26.9. The van der Waals surface area contributed by atoms with Crippen LogP contribution in [0.3, 0.4) is 0 Å². The first-order chi connectivity index (χ1) is 13.7. The number of rotatable bonds is 11. The minimum Gasteiger partial charge on any atom is -0.467 e. The minimum atomic E-state index is -0.888. The van der Waals surface area contributed by atoms with E-state index in [2.05, 4.69) is 12.2 Å². The summed E-state index contributed by atoms with van der Waals surface area (Å²) in [4.78, 5) is 23.7. The molecule has 1 N–H and O–H groups in total. The first kappa shape index (κ1) is 22.9. The monoisotopic (exact) mass is 403 g/mol. The lowest BCUT2D eigenvalue weighted by atomic mass is 10.0. The fourth-order valence-corrected chi connectivity index (χ4v) is 3.30. The molecule has 1 amide bonds. The highest BCUT2D eigenvalue weighted by molar-refractivity contribution is 5.75. The van der Waals surface area contributed by atoms with Crippen molar-refractivity contribution in [3.05, 3.63) is 0 Å². The van der Waals surface area contributed by atoms with Gasteiger partial charge in [0.25, 0.3) is 0 Å². The van der Waals surface area contributed by atoms with Crippen LogP contribution in [0.1, 0.15) is 51.9 Å². The molecule has 0 bridgehead atoms. The number of ether oxygens (including phenoxy) is 6. The largest absolute Gasteiger partial charge is 0.467 e. The molecule has 4 atom stereocenters. The van der Waals surface area contributed by atoms with Crippen molar-refractivity contribution in [2.75, 3.05) is 33.8 Å². The van der Waals surface area contributed by atoms with Gasteiger partial charge in [0.05, 0.1) is 7.11 Å². The third kappa shape index (κ3) is 7.20. The second-order valence-corrected chi connectivity index (χ2v) is 6.96. The van der Waals surface area contributed by atoms with Gasteiger partial charge in [-0.25, -0.2) is 9.59 Å². The summed E-state index contributed by atoms with van der Waals surface area (Å²) in [7, 11) is 1.28. The summed E-state index contributed by atoms with van der Waals surface area (Å²) < 4.78 is 31.7. The zero-order valence-electron chi connectivity index (χ0n) is 16.9. The van der Waals surface area contributed by atoms with Gasteiger partial charge in [0.15, 0.2) is 6.10 Å². The molecule has 162 valence electrons. The number of alkyl carbamates (subject to hydrolysis) is 1. The Morgan fingerprint density at radius 3 is 2.36 bits per heavy atom. The summed E-state index contributed by atoms with van der Waals surface area (Å²) in [6, 6.07) is 0. The number of esters is 1. The Balaban J connectivity index is 1.63. The van der Waals surface area contributed by atoms with E-state index in [-0.39, 0.29) is 20.2 Å². The third-order valence-electron chi connectivity index (χ3n) is 4.90. The molecule has 0 aromatic rings. The van der Waals surface area contributed by atoms with E-state index in [9.17, 15) is 9.59 Å². The lowest BCUT2D eigenvalue weighted by Crippen LogP contribution is -2.60. The zero-order chi connectivity index (χ0) is 20.2. The summed E-state index contributed by atoms with van der Waals surface area (Å²) in [5.74, 6) is -0.535. The number of nitrogens with one attached hydrogen (secondary N) is 1. The Hall–Kier alpha value is -1.42. The van der Waals surface area contributed by atoms with Crippen molar-refractivity contribution in [1.29, 1.82) is 0 Å². The number of fused-ring (bicyclic) bond motifs is 1. The average molecular weight is 403 g/mol. The molecule has 0 aromatic carbocycles. The van der Waals surface area contributed by atoms with Gasteiger partial charge in [0.1, 0.15) is 38.5 Å². The molecule has 2 saturated heterocycles. The van der Waals surface area contributed by atoms with Gasteiger partial charge in [-0.05, 0) is 6.42 Å². The Kier molecular flexibility index (Phi) is 10.6. The molecule has 0 unspecified atom stereocenters. The molecule has 28 heavy (non-hydrogen) atoms. The summed E-state index contributed by atoms with van der Waals surface area (Å²) in [6.07, 6.45) is 5.11. The van der Waals surface area contributed by atoms with Gasteiger partial charge in [-0.1, -0.05) is 45.4 Å². The van der Waals surface area contributed by atoms with Gasteiger partial charge in [-0.3, -0.25) is 0 Å². The Morgan fingerprint density at radius 2 is 1.61 bits per heavy atom. The summed E-state index contributed by atoms with van der Waals surface area (Å²) in [5, 5.41) is 2.74. The minimum absolute atomic E-state index is 0.00126. The number of methoxy groups -OCH3 is 1. The molecular weight excluding hydrogens is 370 g/mol. The van der Waals surface area contributed by atoms with Crippen molar-refractivity contribution in [3.8, 4) is 0 Å². The van der Waals surface area contributed by atoms with Crippen molar-refractivity contribution in [2.24, 2.45) is 0 Å². The molecule has 0 saturated carbocycles. The van der Waals surface area contributed by atoms with E-state index in [0.717, 1.165) is 12.8 Å². The van der Waals surface area contributed by atoms with E-state index in [0.29, 0.717) is 6.54 Å². The quantitative estimate of drug-likeness (QED) is 0.413. The van der Waals surface area contributed by atoms with E-state index >= 15 is 0 Å². The van der Waals surface area contributed by atoms with Crippen LogP contribution >= 0.6 is 0 Å². The second kappa shape index (κ2) is 12.9. The van der Waals surface area contributed by atoms with E-state index in [1.54, 1.807) is 0 Å². The summed E-state index contributed by atoms with van der Waals surface area (Å²) >= 11 is 0. The molecule has 2 aliphatic rings. The highest BCUT2D eigenvalue weighted by atomic mass is 16.8. The average Bonchev–Trinajstić information content (AvgIpc) is 2.73. The number of hydrogen-bond acceptors (Lipinski definition) is 8. The highest BCUT2D eigenvalue weighted by Gasteiger charge is 2.48. The van der Waals surface area contributed by atoms with Crippen molar-refractivity contribution in [1.82, 2.24) is 5.32 Å². The fourth-order valence-electron chi connectivity index (χ4n) is 3.30. The van der Waals surface area contributed by atoms with Gasteiger partial charge < -0.3 is 33.7 Å². The van der Waals surface area contributed by atoms with Crippen molar-refractivity contribution in [2.45, 2.75) is 76.3 Å². The maximum Gasteiger partial charge on any atom is 0.407 e. The lowest BCUT2D eigenvalue weighted by Gasteiger charge is -2.42. The van der Waals surface area contributed by atoms with Gasteiger partial charge in [0.2, 0.25) is 0 Å². The van der Waals surface area contributed by atoms with Crippen molar-refractivity contribution >= 4 is 12.1 Å². The van der Waals surface area contributed by atoms with Gasteiger partial charge in [0, 0.05) is 6.54 Å². The SMILES string of the molecule is CCCCCCCCCNC(=O)OC[C@H]1OCO[C@H]2[C@@H]1OCO[C@H]2C(=O)OC. The molecular formula is C19H33NO8. The molecule has 2 heterocycles. The second-order valence-electron chi connectivity index (χ2n) is 6.96. The predicted molar refractivity (Wildman–Crippen MR) is 98.6 cm³/mol. The molecule has 2 aliphatic heterocycles. The molecule has 0 aliphatic carbocycles. The first-order valence-electron chi connectivity index (χ1n) is 10.1. The zero-order valence-corrected chi connectivity index (χ0v) is 16.9. The van der Waals surface area contributed by atoms with Crippen LogP contribution in [0.4, 0.5) is 4.79 Å². The molecule has 2 fully saturated rings. The van der Waals surface area contributed by atoms with Crippen LogP contribution in [0.25, 0.3) is 0 Å². The molecule has 9 nitrogen and oxygen atoms in total. The predicted octanol–water partition coefficient (Wildman–Crippen LogP) is 2.12. The Labute approximate surface area is 166 Å². The Bertz CT molecular complexity index is 475. The standard InChI is InChI=1S/C19H33NO8/c1-3-4-5-6-7-8-9-10-20-19(22)24-11-14-15-16(27-12-25-14)17(18(21)23-2)28-13-26-15/h14-17H,3-13H2,1-2H3,(H,20,22)/t14-,15-,16+,17-/m1/s1. The van der Waals surface area contributed by atoms with Gasteiger partial charge >= 0.3 is 12.1 Å². The van der Waals surface area contributed by atoms with E-state index < -0.39 is 36.5 Å². The Morgan fingerprint density at radius 1 is 0.929 bits per heavy atom. The number of hydrogen-bond donors (Lipinski definition) is 1. The van der Waals surface area contributed by atoms with E-state index in [1.165, 1.54) is 39.2 Å². The van der Waals surface area contributed by atoms with Crippen molar-refractivity contribution in [3.63, 3.8) is 0 Å². The van der Waals surface area contributed by atoms with Crippen LogP contribution in [-0.4, -0.2) is 70.3 Å². The third-order valence-corrected chi connectivity index (χ3v) is 4.90. The maximum atomic E-state index is 11.9. The smallest absolute Gasteiger partial charge is 0.407 e. The van der Waals surface area contributed by atoms with Gasteiger partial charge in [-0.2, -0.15) is 0 Å². The molecule has 2 rings (SSSR count). The molecule has 0 spiro atoms.